The molecular formula is C12H17NO3. The molecule has 1 aliphatic carbocycles. The van der Waals surface area contributed by atoms with Crippen LogP contribution in [0.3, 0.4) is 0 Å². The Morgan fingerprint density at radius 1 is 1.50 bits per heavy atom. The van der Waals surface area contributed by atoms with Crippen LogP contribution in [0.1, 0.15) is 35.6 Å². The molecule has 1 aromatic heterocycles. The summed E-state index contributed by atoms with van der Waals surface area (Å²) in [6.07, 6.45) is 4.37. The van der Waals surface area contributed by atoms with Crippen LogP contribution in [0.5, 0.6) is 0 Å². The number of nitrogens with zero attached hydrogens (tertiary/aromatic N) is 1. The van der Waals surface area contributed by atoms with Gasteiger partial charge in [0.25, 0.3) is 0 Å². The zero-order chi connectivity index (χ0) is 11.4. The molecule has 1 N–H and O–H groups in total. The van der Waals surface area contributed by atoms with Crippen molar-refractivity contribution in [2.45, 2.75) is 31.8 Å². The molecule has 0 aliphatic heterocycles. The molecule has 0 saturated heterocycles. The summed E-state index contributed by atoms with van der Waals surface area (Å²) < 4.78 is 5.34. The van der Waals surface area contributed by atoms with Crippen molar-refractivity contribution < 1.29 is 14.3 Å². The second-order valence-corrected chi connectivity index (χ2v) is 4.20. The third-order valence-electron chi connectivity index (χ3n) is 3.14. The number of carbonyl (C=O) groups is 1. The van der Waals surface area contributed by atoms with Crippen LogP contribution < -0.4 is 0 Å². The lowest BCUT2D eigenvalue weighted by atomic mass is 9.91. The molecule has 0 radical (unpaired) electrons. The monoisotopic (exact) mass is 223 g/mol. The molecule has 2 rings (SSSR count). The largest absolute Gasteiger partial charge is 0.457 e. The fraction of sp³-hybridized carbons (Fsp3) is 0.583. The van der Waals surface area contributed by atoms with Gasteiger partial charge in [0.2, 0.25) is 0 Å². The predicted molar refractivity (Wildman–Crippen MR) is 59.2 cm³/mol. The number of hydrogen-bond acceptors (Lipinski definition) is 4. The summed E-state index contributed by atoms with van der Waals surface area (Å²) >= 11 is 0. The van der Waals surface area contributed by atoms with Crippen molar-refractivity contribution in [3.63, 3.8) is 0 Å². The first-order valence-corrected chi connectivity index (χ1v) is 5.72. The summed E-state index contributed by atoms with van der Waals surface area (Å²) in [4.78, 5) is 12.7. The normalized spacial score (nSPS) is 16.4. The lowest BCUT2D eigenvalue weighted by Crippen LogP contribution is -2.41. The maximum absolute atomic E-state index is 10.5. The third kappa shape index (κ3) is 2.51. The van der Waals surface area contributed by atoms with Gasteiger partial charge in [0.15, 0.2) is 12.0 Å². The second-order valence-electron chi connectivity index (χ2n) is 4.20. The second kappa shape index (κ2) is 5.27. The summed E-state index contributed by atoms with van der Waals surface area (Å²) in [5, 5.41) is 9.01. The van der Waals surface area contributed by atoms with Crippen molar-refractivity contribution in [1.29, 1.82) is 0 Å². The minimum absolute atomic E-state index is 0.164. The molecule has 0 atom stereocenters. The maximum Gasteiger partial charge on any atom is 0.185 e. The van der Waals surface area contributed by atoms with E-state index in [-0.39, 0.29) is 6.61 Å². The summed E-state index contributed by atoms with van der Waals surface area (Å²) in [5.74, 6) is 1.16. The molecule has 0 unspecified atom stereocenters. The molecule has 0 aromatic carbocycles. The smallest absolute Gasteiger partial charge is 0.185 e. The Balaban J connectivity index is 1.95. The number of aliphatic hydroxyl groups is 1. The van der Waals surface area contributed by atoms with Crippen LogP contribution in [-0.4, -0.2) is 35.5 Å². The lowest BCUT2D eigenvalue weighted by Gasteiger charge is -2.36. The third-order valence-corrected chi connectivity index (χ3v) is 3.14. The number of aliphatic hydroxyl groups excluding tert-OH is 1. The van der Waals surface area contributed by atoms with Crippen molar-refractivity contribution in [2.24, 2.45) is 0 Å². The van der Waals surface area contributed by atoms with E-state index in [1.54, 1.807) is 6.07 Å². The minimum atomic E-state index is 0.164. The molecule has 0 amide bonds. The summed E-state index contributed by atoms with van der Waals surface area (Å²) in [6.45, 7) is 1.51. The van der Waals surface area contributed by atoms with Crippen LogP contribution >= 0.6 is 0 Å². The molecule has 1 heterocycles. The highest BCUT2D eigenvalue weighted by molar-refractivity contribution is 5.70. The Morgan fingerprint density at radius 2 is 2.31 bits per heavy atom. The van der Waals surface area contributed by atoms with E-state index in [0.717, 1.165) is 5.76 Å². The molecule has 4 heteroatoms. The molecular weight excluding hydrogens is 206 g/mol. The molecule has 16 heavy (non-hydrogen) atoms. The van der Waals surface area contributed by atoms with Crippen LogP contribution in [0.4, 0.5) is 0 Å². The van der Waals surface area contributed by atoms with Gasteiger partial charge < -0.3 is 9.52 Å². The van der Waals surface area contributed by atoms with E-state index in [9.17, 15) is 4.79 Å². The Kier molecular flexibility index (Phi) is 3.74. The lowest BCUT2D eigenvalue weighted by molar-refractivity contribution is 0.0868. The quantitative estimate of drug-likeness (QED) is 0.741. The minimum Gasteiger partial charge on any atom is -0.457 e. The first-order chi connectivity index (χ1) is 7.83. The van der Waals surface area contributed by atoms with E-state index in [2.05, 4.69) is 4.90 Å². The van der Waals surface area contributed by atoms with Gasteiger partial charge in [-0.1, -0.05) is 6.42 Å². The first-order valence-electron chi connectivity index (χ1n) is 5.72. The van der Waals surface area contributed by atoms with Gasteiger partial charge in [0.1, 0.15) is 5.76 Å². The molecule has 1 aliphatic rings. The van der Waals surface area contributed by atoms with Gasteiger partial charge in [-0.25, -0.2) is 0 Å². The van der Waals surface area contributed by atoms with E-state index in [1.165, 1.54) is 19.3 Å². The predicted octanol–water partition coefficient (Wildman–Crippen LogP) is 1.44. The average Bonchev–Trinajstić information content (AvgIpc) is 2.63. The van der Waals surface area contributed by atoms with Gasteiger partial charge in [-0.15, -0.1) is 0 Å². The average molecular weight is 223 g/mol. The number of carbonyl (C=O) groups excluding carboxylic acids is 1. The van der Waals surface area contributed by atoms with E-state index >= 15 is 0 Å². The Bertz CT molecular complexity index is 344. The fourth-order valence-corrected chi connectivity index (χ4v) is 2.01. The topological polar surface area (TPSA) is 53.7 Å². The standard InChI is InChI=1S/C12H17NO3/c14-7-6-13(10-2-1-3-10)8-11-4-5-12(9-15)16-11/h4-5,9-10,14H,1-3,6-8H2. The Hall–Kier alpha value is -1.13. The fourth-order valence-electron chi connectivity index (χ4n) is 2.01. The van der Waals surface area contributed by atoms with Gasteiger partial charge in [0, 0.05) is 12.6 Å². The van der Waals surface area contributed by atoms with Gasteiger partial charge in [-0.3, -0.25) is 9.69 Å². The maximum atomic E-state index is 10.5. The van der Waals surface area contributed by atoms with Crippen molar-refractivity contribution in [3.05, 3.63) is 23.7 Å². The summed E-state index contributed by atoms with van der Waals surface area (Å²) in [5.41, 5.74) is 0. The van der Waals surface area contributed by atoms with Gasteiger partial charge in [0.05, 0.1) is 13.2 Å². The van der Waals surface area contributed by atoms with Crippen LogP contribution in [-0.2, 0) is 6.54 Å². The van der Waals surface area contributed by atoms with E-state index in [0.29, 0.717) is 31.2 Å². The van der Waals surface area contributed by atoms with Crippen LogP contribution in [0.2, 0.25) is 0 Å². The summed E-state index contributed by atoms with van der Waals surface area (Å²) in [6, 6.07) is 4.07. The highest BCUT2D eigenvalue weighted by Crippen LogP contribution is 2.26. The van der Waals surface area contributed by atoms with Gasteiger partial charge >= 0.3 is 0 Å². The van der Waals surface area contributed by atoms with Crippen molar-refractivity contribution in [1.82, 2.24) is 4.90 Å². The number of hydrogen-bond donors (Lipinski definition) is 1. The molecule has 1 fully saturated rings. The summed E-state index contributed by atoms with van der Waals surface area (Å²) in [7, 11) is 0. The highest BCUT2D eigenvalue weighted by Gasteiger charge is 2.25. The van der Waals surface area contributed by atoms with Crippen LogP contribution in [0.15, 0.2) is 16.5 Å². The molecule has 4 nitrogen and oxygen atoms in total. The van der Waals surface area contributed by atoms with Crippen molar-refractivity contribution in [2.75, 3.05) is 13.2 Å². The van der Waals surface area contributed by atoms with Gasteiger partial charge in [-0.05, 0) is 25.0 Å². The molecule has 1 aromatic rings. The van der Waals surface area contributed by atoms with Crippen LogP contribution in [0.25, 0.3) is 0 Å². The van der Waals surface area contributed by atoms with E-state index in [4.69, 9.17) is 9.52 Å². The molecule has 0 spiro atoms. The SMILES string of the molecule is O=Cc1ccc(CN(CCO)C2CCC2)o1. The molecule has 88 valence electrons. The number of aldehydes is 1. The van der Waals surface area contributed by atoms with Crippen molar-refractivity contribution in [3.8, 4) is 0 Å². The van der Waals surface area contributed by atoms with Crippen molar-refractivity contribution >= 4 is 6.29 Å². The van der Waals surface area contributed by atoms with E-state index < -0.39 is 0 Å². The first kappa shape index (κ1) is 11.4. The van der Waals surface area contributed by atoms with Gasteiger partial charge in [-0.2, -0.15) is 0 Å². The zero-order valence-corrected chi connectivity index (χ0v) is 9.26. The number of rotatable bonds is 6. The number of furan rings is 1. The highest BCUT2D eigenvalue weighted by atomic mass is 16.3. The Labute approximate surface area is 94.9 Å². The van der Waals surface area contributed by atoms with Crippen LogP contribution in [0, 0.1) is 0 Å². The molecule has 1 saturated carbocycles. The molecule has 0 bridgehead atoms. The Morgan fingerprint density at radius 3 is 2.81 bits per heavy atom. The van der Waals surface area contributed by atoms with E-state index in [1.807, 2.05) is 6.07 Å². The zero-order valence-electron chi connectivity index (χ0n) is 9.26.